The summed E-state index contributed by atoms with van der Waals surface area (Å²) in [4.78, 5) is 0. The van der Waals surface area contributed by atoms with Crippen LogP contribution in [0.5, 0.6) is 17.2 Å². The van der Waals surface area contributed by atoms with E-state index in [0.29, 0.717) is 24.3 Å². The van der Waals surface area contributed by atoms with Gasteiger partial charge in [-0.1, -0.05) is 32.9 Å². The first-order valence-corrected chi connectivity index (χ1v) is 16.9. The first kappa shape index (κ1) is 38.9. The standard InChI is InChI=1S/C35H27F12O4P/c1-31(2,3)52(48)16-51-26-8-6-7-23(30(26)52)27-28(49-4)24(17-9-19(32(36,37)38)13-20(10-17)33(39,40)41)15-25(29(27)50-5)18-11-21(34(42,43)44)14-22(12-18)35(45,46)47/h6-15H,16H2,1-5H3/t52-/m0/s1. The van der Waals surface area contributed by atoms with Crippen molar-refractivity contribution in [3.05, 3.63) is 82.9 Å². The van der Waals surface area contributed by atoms with Crippen molar-refractivity contribution in [3.8, 4) is 50.6 Å². The number of methoxy groups -OCH3 is 2. The van der Waals surface area contributed by atoms with Crippen LogP contribution in [0.3, 0.4) is 0 Å². The molecule has 1 aliphatic rings. The van der Waals surface area contributed by atoms with Crippen LogP contribution in [0.4, 0.5) is 52.7 Å². The van der Waals surface area contributed by atoms with E-state index in [-0.39, 0.29) is 40.7 Å². The minimum Gasteiger partial charge on any atom is -0.495 e. The van der Waals surface area contributed by atoms with Crippen molar-refractivity contribution in [3.63, 3.8) is 0 Å². The lowest BCUT2D eigenvalue weighted by atomic mass is 9.88. The van der Waals surface area contributed by atoms with Crippen LogP contribution in [0.15, 0.2) is 60.7 Å². The second-order valence-corrected chi connectivity index (χ2v) is 16.4. The van der Waals surface area contributed by atoms with E-state index in [1.165, 1.54) is 18.2 Å². The van der Waals surface area contributed by atoms with Gasteiger partial charge >= 0.3 is 24.7 Å². The van der Waals surface area contributed by atoms with Crippen LogP contribution in [0, 0.1) is 0 Å². The van der Waals surface area contributed by atoms with Gasteiger partial charge in [0.15, 0.2) is 7.14 Å². The highest BCUT2D eigenvalue weighted by molar-refractivity contribution is 7.73. The lowest BCUT2D eigenvalue weighted by molar-refractivity contribution is -0.144. The molecule has 0 aliphatic carbocycles. The van der Waals surface area contributed by atoms with E-state index >= 15 is 0 Å². The molecule has 1 aliphatic heterocycles. The molecule has 4 aromatic carbocycles. The quantitative estimate of drug-likeness (QED) is 0.150. The molecular weight excluding hydrogens is 743 g/mol. The van der Waals surface area contributed by atoms with E-state index in [0.717, 1.165) is 20.3 Å². The number of hydrogen-bond donors (Lipinski definition) is 0. The number of alkyl halides is 12. The van der Waals surface area contributed by atoms with Crippen molar-refractivity contribution < 1.29 is 71.5 Å². The fourth-order valence-electron chi connectivity index (χ4n) is 5.93. The molecular formula is C35H27F12O4P. The average molecular weight is 771 g/mol. The SMILES string of the molecule is COc1c(-c2cc(C(F)(F)F)cc(C(F)(F)F)c2)cc(-c2cc(C(F)(F)F)cc(C(F)(F)F)c2)c(OC)c1-c1cccc2c1[P@](=O)(C(C)(C)C)CO2. The molecule has 0 aromatic heterocycles. The third kappa shape index (κ3) is 6.93. The summed E-state index contributed by atoms with van der Waals surface area (Å²) < 4.78 is 200. The van der Waals surface area contributed by atoms with E-state index in [1.807, 2.05) is 0 Å². The third-order valence-corrected chi connectivity index (χ3v) is 12.4. The van der Waals surface area contributed by atoms with Gasteiger partial charge in [-0.25, -0.2) is 0 Å². The maximum atomic E-state index is 14.7. The normalized spacial score (nSPS) is 16.8. The summed E-state index contributed by atoms with van der Waals surface area (Å²) >= 11 is 0. The summed E-state index contributed by atoms with van der Waals surface area (Å²) in [5.41, 5.74) is -10.3. The molecule has 0 fully saturated rings. The Balaban J connectivity index is 2.05. The highest BCUT2D eigenvalue weighted by Crippen LogP contribution is 2.64. The minimum absolute atomic E-state index is 0.0437. The van der Waals surface area contributed by atoms with Crippen LogP contribution in [-0.4, -0.2) is 25.7 Å². The lowest BCUT2D eigenvalue weighted by Gasteiger charge is -2.29. The zero-order valence-electron chi connectivity index (χ0n) is 27.6. The summed E-state index contributed by atoms with van der Waals surface area (Å²) in [7, 11) is -1.64. The van der Waals surface area contributed by atoms with E-state index in [4.69, 9.17) is 14.2 Å². The Morgan fingerprint density at radius 3 is 1.29 bits per heavy atom. The third-order valence-electron chi connectivity index (χ3n) is 8.55. The molecule has 0 N–H and O–H groups in total. The summed E-state index contributed by atoms with van der Waals surface area (Å²) in [6, 6.07) is 6.01. The van der Waals surface area contributed by atoms with Gasteiger partial charge in [-0.05, 0) is 59.7 Å². The van der Waals surface area contributed by atoms with Gasteiger partial charge in [-0.2, -0.15) is 52.7 Å². The number of halogens is 12. The molecule has 0 bridgehead atoms. The van der Waals surface area contributed by atoms with Crippen molar-refractivity contribution in [2.45, 2.75) is 50.6 Å². The zero-order valence-corrected chi connectivity index (χ0v) is 28.5. The topological polar surface area (TPSA) is 44.8 Å². The molecule has 280 valence electrons. The number of ether oxygens (including phenoxy) is 3. The molecule has 0 saturated carbocycles. The Labute approximate surface area is 288 Å². The van der Waals surface area contributed by atoms with Crippen LogP contribution in [0.25, 0.3) is 33.4 Å². The van der Waals surface area contributed by atoms with Crippen LogP contribution in [0.1, 0.15) is 43.0 Å². The van der Waals surface area contributed by atoms with E-state index in [9.17, 15) is 57.3 Å². The van der Waals surface area contributed by atoms with Crippen LogP contribution >= 0.6 is 7.14 Å². The van der Waals surface area contributed by atoms with Gasteiger partial charge in [0.1, 0.15) is 23.6 Å². The number of benzene rings is 4. The predicted octanol–water partition coefficient (Wildman–Crippen LogP) is 11.9. The molecule has 0 radical (unpaired) electrons. The summed E-state index contributed by atoms with van der Waals surface area (Å²) in [6.07, 6.45) is -21.7. The van der Waals surface area contributed by atoms with Crippen LogP contribution < -0.4 is 19.5 Å². The molecule has 4 aromatic rings. The molecule has 0 spiro atoms. The van der Waals surface area contributed by atoms with Gasteiger partial charge in [0.05, 0.1) is 47.3 Å². The van der Waals surface area contributed by atoms with Gasteiger partial charge in [0.2, 0.25) is 0 Å². The second-order valence-electron chi connectivity index (χ2n) is 12.8. The average Bonchev–Trinajstić information content (AvgIpc) is 3.39. The van der Waals surface area contributed by atoms with Crippen molar-refractivity contribution in [1.82, 2.24) is 0 Å². The Morgan fingerprint density at radius 2 is 0.962 bits per heavy atom. The Morgan fingerprint density at radius 1 is 0.577 bits per heavy atom. The van der Waals surface area contributed by atoms with Gasteiger partial charge in [-0.3, -0.25) is 0 Å². The Bertz CT molecular complexity index is 1920. The van der Waals surface area contributed by atoms with E-state index in [1.54, 1.807) is 20.8 Å². The van der Waals surface area contributed by atoms with Crippen LogP contribution in [-0.2, 0) is 29.3 Å². The maximum Gasteiger partial charge on any atom is 0.416 e. The second kappa shape index (κ2) is 12.7. The molecule has 0 unspecified atom stereocenters. The zero-order chi connectivity index (χ0) is 39.0. The highest BCUT2D eigenvalue weighted by atomic mass is 31.2. The minimum atomic E-state index is -5.33. The maximum absolute atomic E-state index is 14.7. The van der Waals surface area contributed by atoms with Gasteiger partial charge in [0, 0.05) is 21.8 Å². The highest BCUT2D eigenvalue weighted by Gasteiger charge is 2.48. The number of hydrogen-bond acceptors (Lipinski definition) is 4. The molecule has 5 rings (SSSR count). The fraction of sp³-hybridized carbons (Fsp3) is 0.314. The first-order valence-electron chi connectivity index (χ1n) is 15.0. The molecule has 1 heterocycles. The largest absolute Gasteiger partial charge is 0.495 e. The van der Waals surface area contributed by atoms with Crippen molar-refractivity contribution in [1.29, 1.82) is 0 Å². The van der Waals surface area contributed by atoms with E-state index in [2.05, 4.69) is 0 Å². The summed E-state index contributed by atoms with van der Waals surface area (Å²) in [5, 5.41) is -0.970. The Hall–Kier alpha value is -4.33. The lowest BCUT2D eigenvalue weighted by Crippen LogP contribution is -2.23. The number of rotatable bonds is 5. The van der Waals surface area contributed by atoms with Gasteiger partial charge in [0.25, 0.3) is 0 Å². The van der Waals surface area contributed by atoms with Gasteiger partial charge in [-0.15, -0.1) is 0 Å². The smallest absolute Gasteiger partial charge is 0.416 e. The molecule has 52 heavy (non-hydrogen) atoms. The predicted molar refractivity (Wildman–Crippen MR) is 168 cm³/mol. The number of fused-ring (bicyclic) bond motifs is 1. The fourth-order valence-corrected chi connectivity index (χ4v) is 8.51. The summed E-state index contributed by atoms with van der Waals surface area (Å²) in [5.74, 6) is -0.905. The summed E-state index contributed by atoms with van der Waals surface area (Å²) in [6.45, 7) is 4.88. The molecule has 1 atom stereocenters. The first-order chi connectivity index (χ1) is 23.7. The van der Waals surface area contributed by atoms with Crippen molar-refractivity contribution in [2.24, 2.45) is 0 Å². The molecule has 0 amide bonds. The molecule has 0 saturated heterocycles. The molecule has 17 heteroatoms. The van der Waals surface area contributed by atoms with Crippen molar-refractivity contribution >= 4 is 12.4 Å². The molecule has 4 nitrogen and oxygen atoms in total. The Kier molecular flexibility index (Phi) is 9.47. The monoisotopic (exact) mass is 770 g/mol. The van der Waals surface area contributed by atoms with Crippen LogP contribution in [0.2, 0.25) is 0 Å². The van der Waals surface area contributed by atoms with E-state index < -0.39 is 93.0 Å². The van der Waals surface area contributed by atoms with Gasteiger partial charge < -0.3 is 18.8 Å². The van der Waals surface area contributed by atoms with Crippen molar-refractivity contribution in [2.75, 3.05) is 20.6 Å².